The van der Waals surface area contributed by atoms with E-state index >= 15 is 0 Å². The molecule has 2 heterocycles. The van der Waals surface area contributed by atoms with Gasteiger partial charge in [-0.2, -0.15) is 0 Å². The first-order chi connectivity index (χ1) is 14.9. The van der Waals surface area contributed by atoms with E-state index in [1.54, 1.807) is 18.2 Å². The number of carbonyl (C=O) groups is 2. The van der Waals surface area contributed by atoms with E-state index in [2.05, 4.69) is 17.0 Å². The Hall–Kier alpha value is -2.51. The predicted molar refractivity (Wildman–Crippen MR) is 116 cm³/mol. The molecular formula is C24H26N2O4S. The average molecular weight is 439 g/mol. The monoisotopic (exact) mass is 438 g/mol. The number of rotatable bonds is 5. The van der Waals surface area contributed by atoms with Crippen LogP contribution in [0.5, 0.6) is 0 Å². The van der Waals surface area contributed by atoms with Crippen LogP contribution in [0.2, 0.25) is 0 Å². The number of fused-ring (bicyclic) bond motifs is 3. The van der Waals surface area contributed by atoms with Crippen LogP contribution in [-0.2, 0) is 26.7 Å². The Bertz CT molecular complexity index is 1150. The van der Waals surface area contributed by atoms with Gasteiger partial charge in [0.25, 0.3) is 15.9 Å². The van der Waals surface area contributed by atoms with E-state index in [0.717, 1.165) is 43.2 Å². The molecule has 0 saturated carbocycles. The van der Waals surface area contributed by atoms with Crippen molar-refractivity contribution in [1.82, 2.24) is 9.21 Å². The summed E-state index contributed by atoms with van der Waals surface area (Å²) in [5.41, 5.74) is 2.36. The van der Waals surface area contributed by atoms with Crippen LogP contribution in [0.25, 0.3) is 0 Å². The quantitative estimate of drug-likeness (QED) is 0.671. The molecule has 7 heteroatoms. The number of unbranched alkanes of at least 4 members (excludes halogenated alkanes) is 1. The summed E-state index contributed by atoms with van der Waals surface area (Å²) in [4.78, 5) is 27.8. The SMILES string of the molecule is O=C1c2ccccc2S(=O)(=O)N1CCCCN1CCC2(CC1)C(=O)Cc1ccccc12. The number of hydrogen-bond acceptors (Lipinski definition) is 5. The zero-order valence-corrected chi connectivity index (χ0v) is 18.2. The minimum atomic E-state index is -3.72. The molecule has 31 heavy (non-hydrogen) atoms. The fourth-order valence-electron chi connectivity index (χ4n) is 5.38. The fourth-order valence-corrected chi connectivity index (χ4v) is 6.99. The predicted octanol–water partition coefficient (Wildman–Crippen LogP) is 2.77. The lowest BCUT2D eigenvalue weighted by Crippen LogP contribution is -2.45. The molecule has 1 spiro atoms. The van der Waals surface area contributed by atoms with Gasteiger partial charge >= 0.3 is 0 Å². The van der Waals surface area contributed by atoms with Crippen molar-refractivity contribution in [2.45, 2.75) is 42.4 Å². The highest BCUT2D eigenvalue weighted by Gasteiger charge is 2.47. The Morgan fingerprint density at radius 1 is 0.871 bits per heavy atom. The minimum Gasteiger partial charge on any atom is -0.303 e. The Balaban J connectivity index is 1.14. The van der Waals surface area contributed by atoms with Gasteiger partial charge in [-0.1, -0.05) is 36.4 Å². The van der Waals surface area contributed by atoms with Crippen LogP contribution in [0.3, 0.4) is 0 Å². The number of nitrogens with zero attached hydrogens (tertiary/aromatic N) is 2. The molecule has 0 bridgehead atoms. The molecule has 0 atom stereocenters. The van der Waals surface area contributed by atoms with Crippen molar-refractivity contribution in [3.8, 4) is 0 Å². The average Bonchev–Trinajstić information content (AvgIpc) is 3.15. The van der Waals surface area contributed by atoms with Crippen LogP contribution >= 0.6 is 0 Å². The molecule has 0 N–H and O–H groups in total. The number of amides is 1. The Morgan fingerprint density at radius 3 is 2.32 bits per heavy atom. The lowest BCUT2D eigenvalue weighted by Gasteiger charge is -2.39. The van der Waals surface area contributed by atoms with Crippen molar-refractivity contribution in [2.24, 2.45) is 0 Å². The molecule has 0 radical (unpaired) electrons. The van der Waals surface area contributed by atoms with Crippen LogP contribution in [0.1, 0.15) is 47.2 Å². The van der Waals surface area contributed by atoms with E-state index in [9.17, 15) is 18.0 Å². The number of carbonyl (C=O) groups excluding carboxylic acids is 2. The van der Waals surface area contributed by atoms with E-state index in [1.807, 2.05) is 12.1 Å². The Kier molecular flexibility index (Phi) is 4.98. The van der Waals surface area contributed by atoms with Crippen LogP contribution in [-0.4, -0.2) is 55.5 Å². The van der Waals surface area contributed by atoms with Gasteiger partial charge in [-0.15, -0.1) is 0 Å². The number of hydrogen-bond donors (Lipinski definition) is 0. The molecule has 2 aromatic carbocycles. The van der Waals surface area contributed by atoms with Gasteiger partial charge in [0.1, 0.15) is 10.7 Å². The van der Waals surface area contributed by atoms with Crippen molar-refractivity contribution in [3.63, 3.8) is 0 Å². The summed E-state index contributed by atoms with van der Waals surface area (Å²) >= 11 is 0. The van der Waals surface area contributed by atoms with Gasteiger partial charge < -0.3 is 4.90 Å². The number of ketones is 1. The molecule has 3 aliphatic rings. The van der Waals surface area contributed by atoms with Gasteiger partial charge in [0.15, 0.2) is 0 Å². The summed E-state index contributed by atoms with van der Waals surface area (Å²) < 4.78 is 26.3. The fraction of sp³-hybridized carbons (Fsp3) is 0.417. The van der Waals surface area contributed by atoms with Crippen LogP contribution in [0.4, 0.5) is 0 Å². The normalized spacial score (nSPS) is 21.5. The van der Waals surface area contributed by atoms with Gasteiger partial charge in [0.05, 0.1) is 11.0 Å². The van der Waals surface area contributed by atoms with Gasteiger partial charge in [-0.05, 0) is 68.6 Å². The largest absolute Gasteiger partial charge is 0.303 e. The molecule has 6 nitrogen and oxygen atoms in total. The van der Waals surface area contributed by atoms with Crippen molar-refractivity contribution in [2.75, 3.05) is 26.2 Å². The van der Waals surface area contributed by atoms with E-state index in [1.165, 1.54) is 17.2 Å². The summed E-state index contributed by atoms with van der Waals surface area (Å²) in [5.74, 6) is -0.0698. The highest BCUT2D eigenvalue weighted by molar-refractivity contribution is 7.90. The minimum absolute atomic E-state index is 0.114. The van der Waals surface area contributed by atoms with E-state index in [-0.39, 0.29) is 22.4 Å². The molecule has 1 fully saturated rings. The lowest BCUT2D eigenvalue weighted by molar-refractivity contribution is -0.124. The third kappa shape index (κ3) is 3.22. The molecule has 0 unspecified atom stereocenters. The number of Topliss-reactive ketones (excluding diaryl/α,β-unsaturated/α-hetero) is 1. The highest BCUT2D eigenvalue weighted by atomic mass is 32.2. The summed E-state index contributed by atoms with van der Waals surface area (Å²) in [6.45, 7) is 2.79. The van der Waals surface area contributed by atoms with Gasteiger partial charge in [-0.25, -0.2) is 12.7 Å². The zero-order chi connectivity index (χ0) is 21.6. The molecule has 162 valence electrons. The summed E-state index contributed by atoms with van der Waals surface area (Å²) in [6, 6.07) is 14.6. The van der Waals surface area contributed by atoms with Crippen molar-refractivity contribution < 1.29 is 18.0 Å². The molecule has 0 aromatic heterocycles. The van der Waals surface area contributed by atoms with Crippen molar-refractivity contribution >= 4 is 21.7 Å². The second-order valence-electron chi connectivity index (χ2n) is 8.77. The van der Waals surface area contributed by atoms with Gasteiger partial charge in [0, 0.05) is 13.0 Å². The molecule has 5 rings (SSSR count). The summed E-state index contributed by atoms with van der Waals surface area (Å²) in [6.07, 6.45) is 3.68. The van der Waals surface area contributed by atoms with Crippen molar-refractivity contribution in [3.05, 3.63) is 65.2 Å². The summed E-state index contributed by atoms with van der Waals surface area (Å²) in [5, 5.41) is 0. The number of piperidine rings is 1. The molecule has 1 amide bonds. The maximum atomic E-state index is 12.8. The number of likely N-dealkylation sites (tertiary alicyclic amines) is 1. The van der Waals surface area contributed by atoms with Crippen LogP contribution in [0.15, 0.2) is 53.4 Å². The molecule has 2 aliphatic heterocycles. The lowest BCUT2D eigenvalue weighted by atomic mass is 9.73. The Labute approximate surface area is 182 Å². The van der Waals surface area contributed by atoms with Crippen molar-refractivity contribution in [1.29, 1.82) is 0 Å². The van der Waals surface area contributed by atoms with Gasteiger partial charge in [-0.3, -0.25) is 9.59 Å². The second kappa shape index (κ2) is 7.57. The summed E-state index contributed by atoms with van der Waals surface area (Å²) in [7, 11) is -3.72. The van der Waals surface area contributed by atoms with E-state index < -0.39 is 15.9 Å². The van der Waals surface area contributed by atoms with Crippen LogP contribution < -0.4 is 0 Å². The highest BCUT2D eigenvalue weighted by Crippen LogP contribution is 2.43. The van der Waals surface area contributed by atoms with E-state index in [0.29, 0.717) is 18.6 Å². The third-order valence-electron chi connectivity index (χ3n) is 7.12. The number of sulfonamides is 1. The smallest absolute Gasteiger partial charge is 0.269 e. The van der Waals surface area contributed by atoms with Crippen LogP contribution in [0, 0.1) is 0 Å². The zero-order valence-electron chi connectivity index (χ0n) is 17.4. The Morgan fingerprint density at radius 2 is 1.55 bits per heavy atom. The third-order valence-corrected chi connectivity index (χ3v) is 8.97. The maximum Gasteiger partial charge on any atom is 0.269 e. The molecule has 1 saturated heterocycles. The molecule has 2 aromatic rings. The second-order valence-corrected chi connectivity index (χ2v) is 10.6. The number of benzene rings is 2. The first-order valence-corrected chi connectivity index (χ1v) is 12.4. The maximum absolute atomic E-state index is 12.8. The topological polar surface area (TPSA) is 74.8 Å². The first kappa shape index (κ1) is 20.4. The first-order valence-electron chi connectivity index (χ1n) is 10.9. The van der Waals surface area contributed by atoms with E-state index in [4.69, 9.17) is 0 Å². The molecular weight excluding hydrogens is 412 g/mol. The standard InChI is InChI=1S/C24H26N2O4S/c27-22-17-18-7-1-3-9-20(18)24(22)11-15-25(16-12-24)13-5-6-14-26-23(28)19-8-2-4-10-21(19)31(26,29)30/h1-4,7-10H,5-6,11-17H2. The van der Waals surface area contributed by atoms with Gasteiger partial charge in [0.2, 0.25) is 0 Å². The molecule has 1 aliphatic carbocycles.